The van der Waals surface area contributed by atoms with E-state index in [2.05, 4.69) is 104 Å². The normalized spacial score (nSPS) is 16.3. The number of hydrogen-bond acceptors (Lipinski definition) is 0. The summed E-state index contributed by atoms with van der Waals surface area (Å²) in [5.41, 5.74) is 6.49. The smallest absolute Gasteiger partial charge is 0.147 e. The van der Waals surface area contributed by atoms with Crippen LogP contribution in [0.5, 0.6) is 0 Å². The standard InChI is InChI=1S/4C9H13.2C3H6.2ClH.2Hf/c4*1-2-3-6-9-7-4-5-8-9;2*1-3-2;;;;/h4*7-8H,2-4,6H2,1H3;2*1-2H3;2*1H;;. The minimum absolute atomic E-state index is 0. The predicted octanol–water partition coefficient (Wildman–Crippen LogP) is 14.1. The molecule has 0 amide bonds. The van der Waals surface area contributed by atoms with Gasteiger partial charge in [-0.25, -0.2) is 0 Å². The zero-order valence-electron chi connectivity index (χ0n) is 30.7. The zero-order chi connectivity index (χ0) is 31.9. The summed E-state index contributed by atoms with van der Waals surface area (Å²) in [5.74, 6) is 0. The van der Waals surface area contributed by atoms with Gasteiger partial charge in [-0.3, -0.25) is 0 Å². The third-order valence-corrected chi connectivity index (χ3v) is 30.8. The van der Waals surface area contributed by atoms with Gasteiger partial charge >= 0.3 is 291 Å². The van der Waals surface area contributed by atoms with E-state index in [1.807, 2.05) is 13.3 Å². The second-order valence-corrected chi connectivity index (χ2v) is 35.6. The molecule has 256 valence electrons. The first kappa shape index (κ1) is 44.0. The van der Waals surface area contributed by atoms with Gasteiger partial charge in [0.1, 0.15) is 0 Å². The Labute approximate surface area is 312 Å². The van der Waals surface area contributed by atoms with Crippen LogP contribution in [0, 0.1) is 0 Å². The second kappa shape index (κ2) is 24.2. The van der Waals surface area contributed by atoms with Gasteiger partial charge < -0.3 is 0 Å². The molecule has 4 aliphatic carbocycles. The van der Waals surface area contributed by atoms with Crippen molar-refractivity contribution in [3.8, 4) is 0 Å². The van der Waals surface area contributed by atoms with Crippen molar-refractivity contribution in [2.45, 2.75) is 158 Å². The Bertz CT molecular complexity index is 1120. The molecule has 0 spiro atoms. The quantitative estimate of drug-likeness (QED) is 0.135. The molecule has 0 nitrogen and oxygen atoms in total. The summed E-state index contributed by atoms with van der Waals surface area (Å²) >= 11 is -3.75. The molecular weight excluding hydrogens is 932 g/mol. The first-order valence-electron chi connectivity index (χ1n) is 18.3. The van der Waals surface area contributed by atoms with Crippen molar-refractivity contribution in [3.63, 3.8) is 0 Å². The molecule has 4 aliphatic rings. The van der Waals surface area contributed by atoms with Gasteiger partial charge in [0, 0.05) is 0 Å². The van der Waals surface area contributed by atoms with Gasteiger partial charge in [-0.05, 0) is 0 Å². The van der Waals surface area contributed by atoms with E-state index in [4.69, 9.17) is 0 Å². The van der Waals surface area contributed by atoms with Gasteiger partial charge in [0.2, 0.25) is 0 Å². The van der Waals surface area contributed by atoms with Crippen LogP contribution >= 0.6 is 24.8 Å². The van der Waals surface area contributed by atoms with E-state index in [-0.39, 0.29) is 24.8 Å². The van der Waals surface area contributed by atoms with Crippen LogP contribution in [0.1, 0.15) is 158 Å². The first-order valence-corrected chi connectivity index (χ1v) is 29.0. The van der Waals surface area contributed by atoms with E-state index in [1.54, 1.807) is 28.8 Å². The summed E-state index contributed by atoms with van der Waals surface area (Å²) in [6, 6.07) is 0. The fourth-order valence-electron chi connectivity index (χ4n) is 6.95. The molecule has 0 saturated heterocycles. The van der Waals surface area contributed by atoms with Crippen LogP contribution in [-0.4, -0.2) is 6.51 Å². The first-order chi connectivity index (χ1) is 21.3. The Morgan fingerprint density at radius 3 is 0.826 bits per heavy atom. The summed E-state index contributed by atoms with van der Waals surface area (Å²) < 4.78 is 10.9. The van der Waals surface area contributed by atoms with Crippen LogP contribution in [0.15, 0.2) is 84.2 Å². The van der Waals surface area contributed by atoms with Gasteiger partial charge in [0.05, 0.1) is 0 Å². The molecule has 0 N–H and O–H groups in total. The molecular formula is C42H66Cl2Hf2. The molecule has 0 heterocycles. The minimum Gasteiger partial charge on any atom is -0.147 e. The maximum absolute atomic E-state index is 2.59. The zero-order valence-corrected chi connectivity index (χ0v) is 39.6. The van der Waals surface area contributed by atoms with Crippen LogP contribution in [0.2, 0.25) is 0 Å². The molecule has 0 atom stereocenters. The summed E-state index contributed by atoms with van der Waals surface area (Å²) in [7, 11) is 0. The molecule has 0 radical (unpaired) electrons. The molecule has 0 aromatic rings. The number of unbranched alkanes of at least 4 members (excludes halogenated alkanes) is 4. The molecule has 4 heteroatoms. The minimum atomic E-state index is -1.87. The Morgan fingerprint density at radius 1 is 0.435 bits per heavy atom. The van der Waals surface area contributed by atoms with Crippen LogP contribution in [-0.2, 0) is 41.9 Å². The van der Waals surface area contributed by atoms with Gasteiger partial charge in [0.15, 0.2) is 0 Å². The van der Waals surface area contributed by atoms with Gasteiger partial charge in [-0.15, -0.1) is 24.8 Å². The summed E-state index contributed by atoms with van der Waals surface area (Å²) in [4.78, 5) is 0. The van der Waals surface area contributed by atoms with Crippen LogP contribution < -0.4 is 0 Å². The fourth-order valence-corrected chi connectivity index (χ4v) is 28.3. The Balaban J connectivity index is 0.000000441. The largest absolute Gasteiger partial charge is 0.147 e. The number of rotatable bonds is 16. The molecule has 0 saturated carbocycles. The Hall–Kier alpha value is -0.0197. The maximum Gasteiger partial charge on any atom is -0.147 e. The van der Waals surface area contributed by atoms with Gasteiger partial charge in [0.25, 0.3) is 0 Å². The van der Waals surface area contributed by atoms with Crippen molar-refractivity contribution in [3.05, 3.63) is 84.2 Å². The fraction of sp³-hybridized carbons (Fsp3) is 0.571. The second-order valence-electron chi connectivity index (χ2n) is 13.8. The Kier molecular flexibility index (Phi) is 23.1. The predicted molar refractivity (Wildman–Crippen MR) is 208 cm³/mol. The van der Waals surface area contributed by atoms with E-state index in [0.29, 0.717) is 0 Å². The average molecular weight is 999 g/mol. The molecule has 0 bridgehead atoms. The summed E-state index contributed by atoms with van der Waals surface area (Å²) in [5, 5.41) is 0. The number of hydrogen-bond donors (Lipinski definition) is 0. The van der Waals surface area contributed by atoms with Crippen molar-refractivity contribution < 1.29 is 41.9 Å². The molecule has 0 aromatic heterocycles. The third-order valence-electron chi connectivity index (χ3n) is 9.34. The van der Waals surface area contributed by atoms with Gasteiger partial charge in [-0.1, -0.05) is 0 Å². The van der Waals surface area contributed by atoms with Crippen molar-refractivity contribution in [2.75, 3.05) is 0 Å². The van der Waals surface area contributed by atoms with Crippen LogP contribution in [0.3, 0.4) is 0 Å². The monoisotopic (exact) mass is 1000 g/mol. The van der Waals surface area contributed by atoms with E-state index in [1.165, 1.54) is 103 Å². The van der Waals surface area contributed by atoms with Gasteiger partial charge in [-0.2, -0.15) is 0 Å². The van der Waals surface area contributed by atoms with Crippen molar-refractivity contribution >= 4 is 31.3 Å². The molecule has 4 rings (SSSR count). The van der Waals surface area contributed by atoms with Crippen LogP contribution in [0.25, 0.3) is 0 Å². The topological polar surface area (TPSA) is 0 Å². The van der Waals surface area contributed by atoms with E-state index in [9.17, 15) is 0 Å². The van der Waals surface area contributed by atoms with Crippen LogP contribution in [0.4, 0.5) is 0 Å². The number of allylic oxidation sites excluding steroid dienone is 16. The summed E-state index contributed by atoms with van der Waals surface area (Å²) in [6.07, 6.45) is 41.2. The molecule has 0 aromatic carbocycles. The van der Waals surface area contributed by atoms with Crippen molar-refractivity contribution in [1.82, 2.24) is 0 Å². The van der Waals surface area contributed by atoms with Crippen molar-refractivity contribution in [1.29, 1.82) is 0 Å². The van der Waals surface area contributed by atoms with E-state index >= 15 is 0 Å². The van der Waals surface area contributed by atoms with E-state index < -0.39 is 41.9 Å². The number of halogens is 2. The molecule has 0 aliphatic heterocycles. The molecule has 0 unspecified atom stereocenters. The summed E-state index contributed by atoms with van der Waals surface area (Å²) in [6.45, 7) is 18.8. The SMILES string of the molecule is CCCCC1=CC[C]([Hf]([C]2=CC(CCCC)=CC2)=[C](C)C)=C1.CCCCC1=CC[C]([Hf]([C]2=CC(CCCC)=CC2)=[C](C)C)=C1.Cl.Cl. The molecule has 46 heavy (non-hydrogen) atoms. The van der Waals surface area contributed by atoms with Crippen molar-refractivity contribution in [2.24, 2.45) is 0 Å². The molecule has 0 fully saturated rings. The maximum atomic E-state index is 2.59. The van der Waals surface area contributed by atoms with E-state index in [0.717, 1.165) is 0 Å². The average Bonchev–Trinajstić information content (AvgIpc) is 3.82. The Morgan fingerprint density at radius 2 is 0.652 bits per heavy atom. The third kappa shape index (κ3) is 14.1.